The van der Waals surface area contributed by atoms with Crippen molar-refractivity contribution in [2.45, 2.75) is 64.0 Å². The van der Waals surface area contributed by atoms with Gasteiger partial charge in [-0.1, -0.05) is 25.7 Å². The average molecular weight is 572 g/mol. The molecule has 0 saturated heterocycles. The van der Waals surface area contributed by atoms with Gasteiger partial charge in [-0.05, 0) is 53.8 Å². The van der Waals surface area contributed by atoms with E-state index in [9.17, 15) is 36.3 Å². The van der Waals surface area contributed by atoms with Crippen molar-refractivity contribution >= 4 is 30.9 Å². The largest absolute Gasteiger partial charge is 0.484 e. The Morgan fingerprint density at radius 2 is 1.69 bits per heavy atom. The number of carbonyl (C=O) groups excluding carboxylic acids is 2. The van der Waals surface area contributed by atoms with Crippen molar-refractivity contribution in [3.8, 4) is 5.75 Å². The molecule has 1 amide bonds. The van der Waals surface area contributed by atoms with Gasteiger partial charge in [0.1, 0.15) is 23.4 Å². The number of benzene rings is 2. The van der Waals surface area contributed by atoms with Gasteiger partial charge in [0.2, 0.25) is 5.91 Å². The summed E-state index contributed by atoms with van der Waals surface area (Å²) in [5.74, 6) is -3.61. The molecule has 0 fully saturated rings. The summed E-state index contributed by atoms with van der Waals surface area (Å²) in [6, 6.07) is 5.14. The maximum atomic E-state index is 14.8. The molecule has 3 rings (SSSR count). The van der Waals surface area contributed by atoms with E-state index in [1.165, 1.54) is 23.1 Å². The zero-order valence-electron chi connectivity index (χ0n) is 21.8. The van der Waals surface area contributed by atoms with E-state index < -0.39 is 62.6 Å². The smallest absolute Gasteiger partial charge is 0.422 e. The molecule has 212 valence electrons. The van der Waals surface area contributed by atoms with Crippen LogP contribution in [0.1, 0.15) is 42.0 Å². The van der Waals surface area contributed by atoms with Gasteiger partial charge in [-0.3, -0.25) is 14.4 Å². The summed E-state index contributed by atoms with van der Waals surface area (Å²) in [6.07, 6.45) is -5.03. The van der Waals surface area contributed by atoms with Crippen molar-refractivity contribution in [3.05, 3.63) is 58.7 Å². The first-order valence-corrected chi connectivity index (χ1v) is 15.9. The number of nitrogens with zero attached hydrogens (tertiary/aromatic N) is 1. The van der Waals surface area contributed by atoms with Gasteiger partial charge in [-0.25, -0.2) is 8.78 Å². The van der Waals surface area contributed by atoms with Gasteiger partial charge in [0, 0.05) is 31.0 Å². The number of carbonyl (C=O) groups is 3. The van der Waals surface area contributed by atoms with Crippen LogP contribution in [0.3, 0.4) is 0 Å². The number of hydrogen-bond acceptors (Lipinski definition) is 4. The number of halogens is 5. The topological polar surface area (TPSA) is 83.9 Å². The molecule has 0 aliphatic carbocycles. The fraction of sp³-hybridized carbons (Fsp3) is 0.444. The number of rotatable bonds is 10. The molecule has 39 heavy (non-hydrogen) atoms. The Balaban J connectivity index is 1.93. The van der Waals surface area contributed by atoms with Crippen molar-refractivity contribution < 1.29 is 46.2 Å². The van der Waals surface area contributed by atoms with Gasteiger partial charge in [-0.2, -0.15) is 13.2 Å². The Kier molecular flexibility index (Phi) is 9.19. The number of fused-ring (bicyclic) bond motifs is 1. The fourth-order valence-electron chi connectivity index (χ4n) is 4.75. The third-order valence-electron chi connectivity index (χ3n) is 6.38. The molecule has 0 aromatic heterocycles. The van der Waals surface area contributed by atoms with Crippen LogP contribution in [0, 0.1) is 11.6 Å². The average Bonchev–Trinajstić information content (AvgIpc) is 2.79. The molecular formula is C27H30F5NO5Si. The zero-order chi connectivity index (χ0) is 29.1. The lowest BCUT2D eigenvalue weighted by Crippen LogP contribution is -2.44. The summed E-state index contributed by atoms with van der Waals surface area (Å²) in [6.45, 7) is 3.93. The molecule has 2 aromatic carbocycles. The lowest BCUT2D eigenvalue weighted by Gasteiger charge is -2.37. The number of alkyl halides is 3. The molecule has 1 aliphatic rings. The highest BCUT2D eigenvalue weighted by Gasteiger charge is 2.36. The van der Waals surface area contributed by atoms with Gasteiger partial charge in [0.05, 0.1) is 8.07 Å². The normalized spacial score (nSPS) is 15.6. The second kappa shape index (κ2) is 11.8. The molecule has 0 unspecified atom stereocenters. The molecule has 12 heteroatoms. The van der Waals surface area contributed by atoms with Crippen LogP contribution in [-0.2, 0) is 27.2 Å². The second-order valence-corrected chi connectivity index (χ2v) is 15.6. The molecule has 1 aliphatic heterocycles. The Morgan fingerprint density at radius 3 is 2.26 bits per heavy atom. The molecular weight excluding hydrogens is 541 g/mol. The van der Waals surface area contributed by atoms with E-state index in [0.717, 1.165) is 12.1 Å². The van der Waals surface area contributed by atoms with Crippen LogP contribution in [0.5, 0.6) is 5.75 Å². The summed E-state index contributed by atoms with van der Waals surface area (Å²) >= 11 is 0. The van der Waals surface area contributed by atoms with E-state index in [2.05, 4.69) is 0 Å². The van der Waals surface area contributed by atoms with Gasteiger partial charge < -0.3 is 14.7 Å². The number of carboxylic acids is 1. The van der Waals surface area contributed by atoms with E-state index in [-0.39, 0.29) is 48.7 Å². The monoisotopic (exact) mass is 571 g/mol. The quantitative estimate of drug-likeness (QED) is 0.323. The first kappa shape index (κ1) is 30.3. The number of ketones is 1. The second-order valence-electron chi connectivity index (χ2n) is 10.6. The van der Waals surface area contributed by atoms with Crippen molar-refractivity contribution in [2.24, 2.45) is 0 Å². The molecule has 0 spiro atoms. The van der Waals surface area contributed by atoms with Crippen LogP contribution in [0.15, 0.2) is 30.3 Å². The Bertz CT molecular complexity index is 1240. The van der Waals surface area contributed by atoms with Crippen LogP contribution >= 0.6 is 0 Å². The van der Waals surface area contributed by atoms with E-state index in [4.69, 9.17) is 9.84 Å². The van der Waals surface area contributed by atoms with Crippen molar-refractivity contribution in [1.82, 2.24) is 4.90 Å². The molecule has 0 bridgehead atoms. The number of ether oxygens (including phenoxy) is 1. The molecule has 6 nitrogen and oxygen atoms in total. The summed E-state index contributed by atoms with van der Waals surface area (Å²) in [5.41, 5.74) is 0.971. The highest BCUT2D eigenvalue weighted by atomic mass is 28.3. The summed E-state index contributed by atoms with van der Waals surface area (Å²) in [4.78, 5) is 38.7. The Hall–Kier alpha value is -3.28. The van der Waals surface area contributed by atoms with E-state index in [0.29, 0.717) is 11.1 Å². The van der Waals surface area contributed by atoms with Gasteiger partial charge >= 0.3 is 12.1 Å². The zero-order valence-corrected chi connectivity index (χ0v) is 22.8. The molecule has 0 radical (unpaired) electrons. The van der Waals surface area contributed by atoms with Crippen LogP contribution in [0.4, 0.5) is 22.0 Å². The predicted molar refractivity (Wildman–Crippen MR) is 136 cm³/mol. The number of aliphatic carboxylic acids is 1. The minimum absolute atomic E-state index is 0.0170. The molecule has 1 N–H and O–H groups in total. The highest BCUT2D eigenvalue weighted by molar-refractivity contribution is 6.88. The SMILES string of the molecule is C[Si](C)(C)c1c(F)cc(CC(=O)[C@H]2c3ccc(OCC(F)(F)F)cc3CCN2C(=O)CCCC(=O)O)cc1F. The number of carboxylic acid groups (broad SMARTS) is 1. The van der Waals surface area contributed by atoms with E-state index in [1.807, 2.05) is 0 Å². The molecule has 1 heterocycles. The van der Waals surface area contributed by atoms with Crippen molar-refractivity contribution in [1.29, 1.82) is 0 Å². The Morgan fingerprint density at radius 1 is 1.05 bits per heavy atom. The molecule has 0 saturated carbocycles. The Labute approximate surface area is 223 Å². The number of Topliss-reactive ketones (excluding diaryl/α,β-unsaturated/α-hetero) is 1. The first-order valence-electron chi connectivity index (χ1n) is 12.4. The molecule has 2 aromatic rings. The highest BCUT2D eigenvalue weighted by Crippen LogP contribution is 2.35. The minimum atomic E-state index is -4.54. The fourth-order valence-corrected chi connectivity index (χ4v) is 6.33. The van der Waals surface area contributed by atoms with Gasteiger partial charge in [-0.15, -0.1) is 0 Å². The summed E-state index contributed by atoms with van der Waals surface area (Å²) < 4.78 is 72.2. The van der Waals surface area contributed by atoms with Crippen molar-refractivity contribution in [3.63, 3.8) is 0 Å². The van der Waals surface area contributed by atoms with Gasteiger partial charge in [0.25, 0.3) is 0 Å². The van der Waals surface area contributed by atoms with Crippen LogP contribution in [-0.4, -0.2) is 55.1 Å². The van der Waals surface area contributed by atoms with E-state index >= 15 is 0 Å². The first-order chi connectivity index (χ1) is 18.1. The van der Waals surface area contributed by atoms with E-state index in [1.54, 1.807) is 19.6 Å². The standard InChI is InChI=1S/C27H30F5NO5Si/c1-39(2,3)26-20(28)11-16(12-21(26)29)13-22(34)25-19-8-7-18(38-15-27(30,31)32)14-17(19)9-10-33(25)23(35)5-4-6-24(36)37/h7-8,11-12,14,25H,4-6,9-10,13,15H2,1-3H3,(H,36,37)/t25-/m1/s1. The summed E-state index contributed by atoms with van der Waals surface area (Å²) in [5, 5.41) is 8.90. The molecule has 1 atom stereocenters. The third kappa shape index (κ3) is 7.87. The number of amides is 1. The minimum Gasteiger partial charge on any atom is -0.484 e. The maximum absolute atomic E-state index is 14.8. The predicted octanol–water partition coefficient (Wildman–Crippen LogP) is 4.94. The lowest BCUT2D eigenvalue weighted by atomic mass is 9.87. The van der Waals surface area contributed by atoms with Crippen LogP contribution in [0.2, 0.25) is 19.6 Å². The third-order valence-corrected chi connectivity index (χ3v) is 8.36. The summed E-state index contributed by atoms with van der Waals surface area (Å²) in [7, 11) is -2.35. The number of hydrogen-bond donors (Lipinski definition) is 1. The van der Waals surface area contributed by atoms with Crippen LogP contribution < -0.4 is 9.92 Å². The van der Waals surface area contributed by atoms with Crippen LogP contribution in [0.25, 0.3) is 0 Å². The van der Waals surface area contributed by atoms with Gasteiger partial charge in [0.15, 0.2) is 12.4 Å². The lowest BCUT2D eigenvalue weighted by molar-refractivity contribution is -0.153. The maximum Gasteiger partial charge on any atom is 0.422 e. The van der Waals surface area contributed by atoms with Crippen molar-refractivity contribution in [2.75, 3.05) is 13.2 Å².